The van der Waals surface area contributed by atoms with Crippen LogP contribution in [0.5, 0.6) is 0 Å². The Bertz CT molecular complexity index is 4240. The number of para-hydroxylation sites is 1. The summed E-state index contributed by atoms with van der Waals surface area (Å²) in [6, 6.07) is 34.6. The normalized spacial score (nSPS) is 10.6. The molecule has 27 nitrogen and oxygen atoms in total. The average molecular weight is 1020 g/mol. The molecule has 8 heterocycles. The van der Waals surface area contributed by atoms with Crippen LogP contribution in [-0.4, -0.2) is 97.5 Å². The minimum Gasteiger partial charge on any atom is -0.339 e. The largest absolute Gasteiger partial charge is 0.339 e. The molecule has 0 fully saturated rings. The Labute approximate surface area is 423 Å². The van der Waals surface area contributed by atoms with Gasteiger partial charge in [-0.1, -0.05) is 84.9 Å². The van der Waals surface area contributed by atoms with Crippen molar-refractivity contribution in [1.29, 1.82) is 0 Å². The van der Waals surface area contributed by atoms with Gasteiger partial charge in [-0.3, -0.25) is 69.4 Å². The van der Waals surface area contributed by atoms with Crippen molar-refractivity contribution < 1.29 is 14.4 Å². The molecule has 12 N–H and O–H groups in total. The van der Waals surface area contributed by atoms with E-state index in [0.717, 1.165) is 16.8 Å². The lowest BCUT2D eigenvalue weighted by Gasteiger charge is -2.06. The average Bonchev–Trinajstić information content (AvgIpc) is 4.27. The molecule has 0 aliphatic heterocycles. The third-order valence-corrected chi connectivity index (χ3v) is 10.6. The van der Waals surface area contributed by atoms with E-state index in [2.05, 4.69) is 101 Å². The highest BCUT2D eigenvalue weighted by Crippen LogP contribution is 2.13. The zero-order valence-electron chi connectivity index (χ0n) is 39.4. The number of benzene rings is 4. The zero-order chi connectivity index (χ0) is 53.0. The minimum atomic E-state index is -0.383. The fourth-order valence-electron chi connectivity index (χ4n) is 7.00. The van der Waals surface area contributed by atoms with E-state index < -0.39 is 0 Å². The van der Waals surface area contributed by atoms with E-state index in [1.165, 1.54) is 25.3 Å². The maximum Gasteiger partial charge on any atom is 0.278 e. The van der Waals surface area contributed by atoms with Crippen molar-refractivity contribution in [2.75, 3.05) is 21.3 Å². The first-order chi connectivity index (χ1) is 36.9. The van der Waals surface area contributed by atoms with E-state index in [1.807, 2.05) is 85.8 Å². The van der Waals surface area contributed by atoms with Gasteiger partial charge in [0, 0.05) is 16.8 Å². The van der Waals surface area contributed by atoms with Crippen LogP contribution < -0.4 is 43.5 Å². The topological polar surface area (TPSA) is 397 Å². The van der Waals surface area contributed by atoms with Gasteiger partial charge in [0.25, 0.3) is 34.1 Å². The molecule has 3 amide bonds. The quantitative estimate of drug-likeness (QED) is 0.0957. The molecule has 378 valence electrons. The first-order valence-corrected chi connectivity index (χ1v) is 22.6. The Morgan fingerprint density at radius 1 is 0.434 bits per heavy atom. The number of imidazole rings is 4. The Morgan fingerprint density at radius 3 is 1.29 bits per heavy atom. The first kappa shape index (κ1) is 49.5. The Morgan fingerprint density at radius 2 is 0.816 bits per heavy atom. The number of aryl methyl sites for hydroxylation is 1. The number of fused-ring (bicyclic) bond motifs is 4. The predicted octanol–water partition coefficient (Wildman–Crippen LogP) is 4.32. The summed E-state index contributed by atoms with van der Waals surface area (Å²) in [6.45, 7) is 1.84. The second-order valence-electron chi connectivity index (χ2n) is 15.9. The number of aromatic amines is 8. The smallest absolute Gasteiger partial charge is 0.278 e. The molecule has 0 aliphatic carbocycles. The standard InChI is InChI=1S/2C13H11N5O2.C12H9N5O2.C11H9N5O/c1-7-4-2-3-5-8(7)11(19)17-13-16-10-9(12(20)18-13)14-6-15-10;19-9(6-8-4-2-1-3-5-8)16-13-17-11-10(12(20)18-13)14-7-15-11;18-10(7-4-2-1-3-5-7)16-12-15-9-8(11(19)17-12)13-6-14-9;17-10-8-9(13-6-12-8)15-11(16-10)14-7-4-2-1-3-5-7/h2-6H,1H3,(H3,14,15,16,17,18,19,20);1-5,7H,6H2,(H3,14,15,16,17,18,19,20);1-6H,(H3,13,14,15,16,17,18,19);1-6H,(H3,12,13,14,15,16,17). The van der Waals surface area contributed by atoms with Gasteiger partial charge >= 0.3 is 0 Å². The Hall–Kier alpha value is -11.5. The molecule has 0 unspecified atom stereocenters. The fourth-order valence-corrected chi connectivity index (χ4v) is 7.00. The summed E-state index contributed by atoms with van der Waals surface area (Å²) < 4.78 is 0. The zero-order valence-corrected chi connectivity index (χ0v) is 39.4. The molecule has 0 spiro atoms. The van der Waals surface area contributed by atoms with Crippen molar-refractivity contribution in [3.63, 3.8) is 0 Å². The van der Waals surface area contributed by atoms with Crippen molar-refractivity contribution in [3.05, 3.63) is 204 Å². The molecule has 0 saturated heterocycles. The molecule has 0 bridgehead atoms. The summed E-state index contributed by atoms with van der Waals surface area (Å²) in [6.07, 6.45) is 5.78. The molecule has 0 atom stereocenters. The van der Waals surface area contributed by atoms with Gasteiger partial charge in [-0.05, 0) is 48.4 Å². The number of hydrogen-bond acceptors (Lipinski definition) is 16. The molecular weight excluding hydrogens is 981 g/mol. The molecule has 8 aromatic heterocycles. The molecule has 12 rings (SSSR count). The molecule has 12 aromatic rings. The van der Waals surface area contributed by atoms with E-state index in [9.17, 15) is 33.6 Å². The van der Waals surface area contributed by atoms with Crippen LogP contribution in [0.1, 0.15) is 31.8 Å². The molecule has 27 heteroatoms. The lowest BCUT2D eigenvalue weighted by Crippen LogP contribution is -2.19. The van der Waals surface area contributed by atoms with Gasteiger partial charge in [-0.2, -0.15) is 19.9 Å². The van der Waals surface area contributed by atoms with Crippen LogP contribution in [-0.2, 0) is 11.2 Å². The Balaban J connectivity index is 0.000000124. The third-order valence-electron chi connectivity index (χ3n) is 10.6. The van der Waals surface area contributed by atoms with Crippen molar-refractivity contribution >= 4 is 91.9 Å². The highest BCUT2D eigenvalue weighted by Gasteiger charge is 2.14. The summed E-state index contributed by atoms with van der Waals surface area (Å²) in [5.41, 5.74) is 4.59. The van der Waals surface area contributed by atoms with Crippen LogP contribution in [0.15, 0.2) is 160 Å². The molecule has 0 aliphatic rings. The third kappa shape index (κ3) is 12.1. The summed E-state index contributed by atoms with van der Waals surface area (Å²) in [5.74, 6) is -0.327. The van der Waals surface area contributed by atoms with Crippen molar-refractivity contribution in [2.24, 2.45) is 0 Å². The van der Waals surface area contributed by atoms with Gasteiger partial charge in [0.05, 0.1) is 31.7 Å². The highest BCUT2D eigenvalue weighted by molar-refractivity contribution is 6.05. The van der Waals surface area contributed by atoms with Gasteiger partial charge in [0.1, 0.15) is 0 Å². The molecule has 0 radical (unpaired) electrons. The highest BCUT2D eigenvalue weighted by atomic mass is 16.2. The van der Waals surface area contributed by atoms with Crippen LogP contribution in [0.2, 0.25) is 0 Å². The number of nitrogens with zero attached hydrogens (tertiary/aromatic N) is 8. The molecular formula is C49H40N20O7. The number of aromatic nitrogens is 16. The van der Waals surface area contributed by atoms with E-state index >= 15 is 0 Å². The predicted molar refractivity (Wildman–Crippen MR) is 280 cm³/mol. The number of carbonyl (C=O) groups is 3. The van der Waals surface area contributed by atoms with E-state index in [4.69, 9.17) is 0 Å². The Kier molecular flexibility index (Phi) is 14.8. The number of rotatable bonds is 9. The summed E-state index contributed by atoms with van der Waals surface area (Å²) in [7, 11) is 0. The molecule has 4 aromatic carbocycles. The van der Waals surface area contributed by atoms with Crippen LogP contribution in [0.4, 0.5) is 29.5 Å². The molecule has 76 heavy (non-hydrogen) atoms. The van der Waals surface area contributed by atoms with Crippen molar-refractivity contribution in [1.82, 2.24) is 79.7 Å². The van der Waals surface area contributed by atoms with Gasteiger partial charge < -0.3 is 25.3 Å². The maximum atomic E-state index is 12.1. The van der Waals surface area contributed by atoms with Crippen LogP contribution in [0, 0.1) is 6.92 Å². The number of carbonyl (C=O) groups excluding carboxylic acids is 3. The maximum absolute atomic E-state index is 12.1. The molecule has 0 saturated carbocycles. The van der Waals surface area contributed by atoms with Crippen LogP contribution in [0.3, 0.4) is 0 Å². The van der Waals surface area contributed by atoms with Gasteiger partial charge in [0.15, 0.2) is 44.7 Å². The minimum absolute atomic E-state index is 0.0680. The van der Waals surface area contributed by atoms with Crippen molar-refractivity contribution in [3.8, 4) is 0 Å². The number of hydrogen-bond donors (Lipinski definition) is 12. The fraction of sp³-hybridized carbons (Fsp3) is 0.0408. The number of nitrogens with one attached hydrogen (secondary N) is 12. The number of anilines is 5. The van der Waals surface area contributed by atoms with Crippen LogP contribution in [0.25, 0.3) is 44.7 Å². The van der Waals surface area contributed by atoms with E-state index in [1.54, 1.807) is 36.4 Å². The van der Waals surface area contributed by atoms with Crippen LogP contribution >= 0.6 is 0 Å². The van der Waals surface area contributed by atoms with E-state index in [0.29, 0.717) is 28.2 Å². The monoisotopic (exact) mass is 1020 g/mol. The van der Waals surface area contributed by atoms with Gasteiger partial charge in [-0.15, -0.1) is 0 Å². The SMILES string of the molecule is Cc1ccccc1C(=O)Nc1nc2nc[nH]c2c(=O)[nH]1.O=C(Cc1ccccc1)Nc1nc2nc[nH]c2c(=O)[nH]1.O=C(Nc1nc2nc[nH]c2c(=O)[nH]1)c1ccccc1.O=c1[nH]c(Nc2ccccc2)nc2nc[nH]c12. The number of amides is 3. The summed E-state index contributed by atoms with van der Waals surface area (Å²) >= 11 is 0. The summed E-state index contributed by atoms with van der Waals surface area (Å²) in [5, 5.41) is 10.6. The van der Waals surface area contributed by atoms with Gasteiger partial charge in [0.2, 0.25) is 29.7 Å². The first-order valence-electron chi connectivity index (χ1n) is 22.6. The number of H-pyrrole nitrogens is 8. The lowest BCUT2D eigenvalue weighted by molar-refractivity contribution is -0.115. The van der Waals surface area contributed by atoms with Gasteiger partial charge in [-0.25, -0.2) is 19.9 Å². The van der Waals surface area contributed by atoms with E-state index in [-0.39, 0.29) is 97.7 Å². The van der Waals surface area contributed by atoms with Crippen molar-refractivity contribution in [2.45, 2.75) is 13.3 Å². The second-order valence-corrected chi connectivity index (χ2v) is 15.9. The lowest BCUT2D eigenvalue weighted by atomic mass is 10.1. The second kappa shape index (κ2) is 22.7. The summed E-state index contributed by atoms with van der Waals surface area (Å²) in [4.78, 5) is 135.